The standard InChI is InChI=1S/C29H29FN4O2/c1-18-10-19(6-8-31-18)29-24-12-22-15-34(28(35)13-20(22)11-21(24)14-32-29)23-7-9-33(16-23)17-25-26(30)4-3-5-27(25)36-2/h3-6,8,10-12,23H,7,9,13-17H2,1-2H3/t23-/m1/s1. The van der Waals surface area contributed by atoms with Gasteiger partial charge in [-0.2, -0.15) is 0 Å². The third-order valence-electron chi connectivity index (χ3n) is 7.63. The van der Waals surface area contributed by atoms with Crippen molar-refractivity contribution in [1.29, 1.82) is 0 Å². The van der Waals surface area contributed by atoms with Crippen LogP contribution in [-0.2, 0) is 30.8 Å². The highest BCUT2D eigenvalue weighted by Gasteiger charge is 2.35. The normalized spacial score (nSPS) is 19.3. The zero-order valence-corrected chi connectivity index (χ0v) is 20.6. The van der Waals surface area contributed by atoms with Gasteiger partial charge in [0.1, 0.15) is 11.6 Å². The summed E-state index contributed by atoms with van der Waals surface area (Å²) in [4.78, 5) is 26.5. The van der Waals surface area contributed by atoms with Crippen LogP contribution < -0.4 is 4.74 Å². The number of aryl methyl sites for hydroxylation is 1. The summed E-state index contributed by atoms with van der Waals surface area (Å²) in [7, 11) is 1.57. The molecule has 1 amide bonds. The van der Waals surface area contributed by atoms with E-state index in [1.165, 1.54) is 17.2 Å². The van der Waals surface area contributed by atoms with Gasteiger partial charge in [0.05, 0.1) is 25.8 Å². The maximum atomic E-state index is 14.5. The smallest absolute Gasteiger partial charge is 0.227 e. The van der Waals surface area contributed by atoms with Gasteiger partial charge < -0.3 is 9.64 Å². The van der Waals surface area contributed by atoms with Crippen LogP contribution in [0.15, 0.2) is 53.7 Å². The molecular formula is C29H29FN4O2. The van der Waals surface area contributed by atoms with Gasteiger partial charge in [-0.25, -0.2) is 4.39 Å². The maximum absolute atomic E-state index is 14.5. The van der Waals surface area contributed by atoms with Crippen LogP contribution in [0.1, 0.15) is 45.5 Å². The summed E-state index contributed by atoms with van der Waals surface area (Å²) in [5.41, 5.74) is 8.29. The van der Waals surface area contributed by atoms with E-state index in [4.69, 9.17) is 9.73 Å². The van der Waals surface area contributed by atoms with Gasteiger partial charge in [-0.15, -0.1) is 0 Å². The van der Waals surface area contributed by atoms with Crippen molar-refractivity contribution in [3.63, 3.8) is 0 Å². The number of pyridine rings is 1. The van der Waals surface area contributed by atoms with Crippen molar-refractivity contribution in [2.45, 2.75) is 45.4 Å². The third kappa shape index (κ3) is 4.07. The highest BCUT2D eigenvalue weighted by Crippen LogP contribution is 2.32. The Kier molecular flexibility index (Phi) is 5.80. The molecule has 3 aliphatic rings. The number of likely N-dealkylation sites (tertiary alicyclic amines) is 1. The minimum absolute atomic E-state index is 0.118. The molecule has 1 atom stereocenters. The minimum atomic E-state index is -0.253. The number of halogens is 1. The number of methoxy groups -OCH3 is 1. The average Bonchev–Trinajstić information content (AvgIpc) is 3.50. The summed E-state index contributed by atoms with van der Waals surface area (Å²) in [6.45, 7) is 5.26. The lowest BCUT2D eigenvalue weighted by atomic mass is 9.90. The van der Waals surface area contributed by atoms with Crippen molar-refractivity contribution in [2.24, 2.45) is 4.99 Å². The number of amides is 1. The highest BCUT2D eigenvalue weighted by atomic mass is 19.1. The second kappa shape index (κ2) is 9.13. The Hall–Kier alpha value is -3.58. The van der Waals surface area contributed by atoms with E-state index in [1.54, 1.807) is 19.2 Å². The van der Waals surface area contributed by atoms with Gasteiger partial charge >= 0.3 is 0 Å². The molecule has 0 spiro atoms. The van der Waals surface area contributed by atoms with Crippen LogP contribution in [0.4, 0.5) is 4.39 Å². The first kappa shape index (κ1) is 22.9. The first-order chi connectivity index (χ1) is 17.5. The quantitative estimate of drug-likeness (QED) is 0.548. The number of benzene rings is 2. The number of rotatable bonds is 5. The molecule has 0 saturated carbocycles. The molecule has 2 aromatic carbocycles. The largest absolute Gasteiger partial charge is 0.496 e. The van der Waals surface area contributed by atoms with E-state index in [2.05, 4.69) is 28.1 Å². The molecule has 1 aromatic heterocycles. The molecule has 36 heavy (non-hydrogen) atoms. The first-order valence-corrected chi connectivity index (χ1v) is 12.5. The van der Waals surface area contributed by atoms with Crippen molar-refractivity contribution < 1.29 is 13.9 Å². The Bertz CT molecular complexity index is 1390. The summed E-state index contributed by atoms with van der Waals surface area (Å²) < 4.78 is 19.8. The number of aromatic nitrogens is 1. The Morgan fingerprint density at radius 1 is 1.14 bits per heavy atom. The molecule has 3 aromatic rings. The number of nitrogens with zero attached hydrogens (tertiary/aromatic N) is 4. The molecule has 3 aliphatic heterocycles. The van der Waals surface area contributed by atoms with Crippen molar-refractivity contribution >= 4 is 11.6 Å². The fourth-order valence-electron chi connectivity index (χ4n) is 5.78. The second-order valence-electron chi connectivity index (χ2n) is 9.93. The zero-order chi connectivity index (χ0) is 24.8. The van der Waals surface area contributed by atoms with Gasteiger partial charge in [0.15, 0.2) is 0 Å². The third-order valence-corrected chi connectivity index (χ3v) is 7.63. The van der Waals surface area contributed by atoms with E-state index in [9.17, 15) is 9.18 Å². The summed E-state index contributed by atoms with van der Waals surface area (Å²) in [5, 5.41) is 0. The summed E-state index contributed by atoms with van der Waals surface area (Å²) in [6, 6.07) is 13.5. The van der Waals surface area contributed by atoms with Gasteiger partial charge in [0.2, 0.25) is 5.91 Å². The number of hydrogen-bond donors (Lipinski definition) is 0. The fourth-order valence-corrected chi connectivity index (χ4v) is 5.78. The average molecular weight is 485 g/mol. The molecule has 6 rings (SSSR count). The van der Waals surface area contributed by atoms with Crippen molar-refractivity contribution in [3.8, 4) is 5.75 Å². The Labute approximate surface area is 210 Å². The SMILES string of the molecule is COc1cccc(F)c1CN1CC[C@@H](N2Cc3cc4c(cc3CC2=O)CN=C4c2ccnc(C)c2)C1. The van der Waals surface area contributed by atoms with Gasteiger partial charge in [0, 0.05) is 60.8 Å². The molecule has 0 N–H and O–H groups in total. The van der Waals surface area contributed by atoms with Gasteiger partial charge in [-0.3, -0.25) is 19.7 Å². The Morgan fingerprint density at radius 3 is 2.86 bits per heavy atom. The van der Waals surface area contributed by atoms with Crippen LogP contribution in [-0.4, -0.2) is 52.6 Å². The molecule has 0 bridgehead atoms. The summed E-state index contributed by atoms with van der Waals surface area (Å²) >= 11 is 0. The Balaban J connectivity index is 1.21. The molecule has 0 unspecified atom stereocenters. The van der Waals surface area contributed by atoms with E-state index in [0.717, 1.165) is 47.6 Å². The minimum Gasteiger partial charge on any atom is -0.496 e. The van der Waals surface area contributed by atoms with Crippen molar-refractivity contribution in [1.82, 2.24) is 14.8 Å². The lowest BCUT2D eigenvalue weighted by molar-refractivity contribution is -0.134. The van der Waals surface area contributed by atoms with E-state index >= 15 is 0 Å². The monoisotopic (exact) mass is 484 g/mol. The molecular weight excluding hydrogens is 455 g/mol. The topological polar surface area (TPSA) is 58.0 Å². The zero-order valence-electron chi connectivity index (χ0n) is 20.6. The number of hydrogen-bond acceptors (Lipinski definition) is 5. The van der Waals surface area contributed by atoms with Crippen LogP contribution in [0.3, 0.4) is 0 Å². The number of carbonyl (C=O) groups is 1. The molecule has 0 aliphatic carbocycles. The summed E-state index contributed by atoms with van der Waals surface area (Å²) in [5.74, 6) is 0.482. The van der Waals surface area contributed by atoms with Gasteiger partial charge in [-0.05, 0) is 60.4 Å². The molecule has 7 heteroatoms. The lowest BCUT2D eigenvalue weighted by Gasteiger charge is -2.34. The molecule has 4 heterocycles. The molecule has 6 nitrogen and oxygen atoms in total. The van der Waals surface area contributed by atoms with Crippen LogP contribution in [0.5, 0.6) is 5.75 Å². The summed E-state index contributed by atoms with van der Waals surface area (Å²) in [6.07, 6.45) is 3.13. The maximum Gasteiger partial charge on any atom is 0.227 e. The van der Waals surface area contributed by atoms with Gasteiger partial charge in [-0.1, -0.05) is 12.1 Å². The number of ether oxygens (including phenoxy) is 1. The van der Waals surface area contributed by atoms with Crippen LogP contribution in [0, 0.1) is 12.7 Å². The molecule has 1 fully saturated rings. The first-order valence-electron chi connectivity index (χ1n) is 12.5. The van der Waals surface area contributed by atoms with Crippen LogP contribution in [0.2, 0.25) is 0 Å². The number of fused-ring (bicyclic) bond motifs is 2. The van der Waals surface area contributed by atoms with E-state index in [0.29, 0.717) is 37.4 Å². The number of carbonyl (C=O) groups excluding carboxylic acids is 1. The second-order valence-corrected chi connectivity index (χ2v) is 9.93. The van der Waals surface area contributed by atoms with Crippen molar-refractivity contribution in [3.05, 3.63) is 93.6 Å². The van der Waals surface area contributed by atoms with E-state index < -0.39 is 0 Å². The van der Waals surface area contributed by atoms with Crippen LogP contribution >= 0.6 is 0 Å². The predicted molar refractivity (Wildman–Crippen MR) is 136 cm³/mol. The van der Waals surface area contributed by atoms with Gasteiger partial charge in [0.25, 0.3) is 0 Å². The van der Waals surface area contributed by atoms with E-state index in [-0.39, 0.29) is 17.8 Å². The van der Waals surface area contributed by atoms with E-state index in [1.807, 2.05) is 24.1 Å². The molecule has 184 valence electrons. The highest BCUT2D eigenvalue weighted by molar-refractivity contribution is 6.15. The molecule has 0 radical (unpaired) electrons. The van der Waals surface area contributed by atoms with Crippen LogP contribution in [0.25, 0.3) is 0 Å². The number of aliphatic imine (C=N–C) groups is 1. The predicted octanol–water partition coefficient (Wildman–Crippen LogP) is 4.05. The lowest BCUT2D eigenvalue weighted by Crippen LogP contribution is -2.44. The molecule has 1 saturated heterocycles. The Morgan fingerprint density at radius 2 is 2.03 bits per heavy atom. The van der Waals surface area contributed by atoms with Crippen molar-refractivity contribution in [2.75, 3.05) is 20.2 Å². The fraction of sp³-hybridized carbons (Fsp3) is 0.345.